The zero-order chi connectivity index (χ0) is 27.3. The lowest BCUT2D eigenvalue weighted by Crippen LogP contribution is -2.33. The second kappa shape index (κ2) is 11.5. The lowest BCUT2D eigenvalue weighted by atomic mass is 10.0. The minimum Gasteiger partial charge on any atom is -0.497 e. The molecular weight excluding hydrogens is 496 g/mol. The molecule has 0 radical (unpaired) electrons. The first-order valence-electron chi connectivity index (χ1n) is 13.6. The smallest absolute Gasteiger partial charge is 0.225 e. The maximum absolute atomic E-state index is 13.4. The van der Waals surface area contributed by atoms with Crippen LogP contribution in [0.1, 0.15) is 28.6 Å². The lowest BCUT2D eigenvalue weighted by molar-refractivity contribution is -0.121. The van der Waals surface area contributed by atoms with Crippen molar-refractivity contribution in [3.8, 4) is 5.75 Å². The Balaban J connectivity index is 1.41. The van der Waals surface area contributed by atoms with Gasteiger partial charge in [-0.2, -0.15) is 0 Å². The lowest BCUT2D eigenvalue weighted by Gasteiger charge is -2.21. The number of hydrogen-bond acceptors (Lipinski definition) is 3. The van der Waals surface area contributed by atoms with Gasteiger partial charge < -0.3 is 19.6 Å². The van der Waals surface area contributed by atoms with Crippen molar-refractivity contribution in [2.75, 3.05) is 7.11 Å². The van der Waals surface area contributed by atoms with Crippen molar-refractivity contribution in [3.63, 3.8) is 0 Å². The molecule has 0 aliphatic heterocycles. The van der Waals surface area contributed by atoms with E-state index < -0.39 is 0 Å². The van der Waals surface area contributed by atoms with E-state index in [1.807, 2.05) is 72.9 Å². The summed E-state index contributed by atoms with van der Waals surface area (Å²) in [5, 5.41) is 4.50. The summed E-state index contributed by atoms with van der Waals surface area (Å²) in [6.45, 7) is 0.724. The largest absolute Gasteiger partial charge is 0.497 e. The van der Waals surface area contributed by atoms with Gasteiger partial charge in [0.1, 0.15) is 11.6 Å². The van der Waals surface area contributed by atoms with E-state index in [1.165, 1.54) is 5.56 Å². The number of aromatic amines is 1. The SMILES string of the molecule is COc1ccc2nc(C(Cc3c[nH]c4ccccc34)NC(=O)Cc3ccccc3)n(CCc3ccccc3)c2c1. The van der Waals surface area contributed by atoms with Gasteiger partial charge >= 0.3 is 0 Å². The summed E-state index contributed by atoms with van der Waals surface area (Å²) in [5.74, 6) is 1.59. The zero-order valence-corrected chi connectivity index (χ0v) is 22.5. The van der Waals surface area contributed by atoms with E-state index in [0.29, 0.717) is 12.8 Å². The summed E-state index contributed by atoms with van der Waals surface area (Å²) in [7, 11) is 1.68. The Labute approximate surface area is 233 Å². The second-order valence-corrected chi connectivity index (χ2v) is 10.1. The molecule has 0 aliphatic carbocycles. The van der Waals surface area contributed by atoms with Crippen LogP contribution in [-0.4, -0.2) is 27.6 Å². The molecule has 0 fully saturated rings. The molecule has 6 aromatic rings. The minimum absolute atomic E-state index is 0.0321. The molecule has 6 nitrogen and oxygen atoms in total. The van der Waals surface area contributed by atoms with Crippen LogP contribution < -0.4 is 10.1 Å². The molecule has 6 heteroatoms. The predicted molar refractivity (Wildman–Crippen MR) is 159 cm³/mol. The molecule has 1 amide bonds. The Morgan fingerprint density at radius 3 is 2.42 bits per heavy atom. The van der Waals surface area contributed by atoms with Crippen LogP contribution >= 0.6 is 0 Å². The molecule has 200 valence electrons. The summed E-state index contributed by atoms with van der Waals surface area (Å²) in [5.41, 5.74) is 6.32. The highest BCUT2D eigenvalue weighted by Crippen LogP contribution is 2.29. The van der Waals surface area contributed by atoms with Gasteiger partial charge in [-0.3, -0.25) is 4.79 Å². The van der Waals surface area contributed by atoms with Crippen LogP contribution in [0.4, 0.5) is 0 Å². The van der Waals surface area contributed by atoms with Crippen molar-refractivity contribution in [2.45, 2.75) is 31.8 Å². The van der Waals surface area contributed by atoms with Gasteiger partial charge in [0, 0.05) is 36.1 Å². The number of methoxy groups -OCH3 is 1. The quantitative estimate of drug-likeness (QED) is 0.216. The number of H-pyrrole nitrogens is 1. The molecule has 2 N–H and O–H groups in total. The van der Waals surface area contributed by atoms with E-state index in [0.717, 1.165) is 57.6 Å². The van der Waals surface area contributed by atoms with Crippen LogP contribution in [0.5, 0.6) is 5.75 Å². The summed E-state index contributed by atoms with van der Waals surface area (Å²) >= 11 is 0. The third kappa shape index (κ3) is 5.47. The standard InChI is InChI=1S/C34H32N4O2/c1-40-27-16-17-30-32(22-27)38(19-18-24-10-4-2-5-11-24)34(37-30)31(36-33(39)20-25-12-6-3-7-13-25)21-26-23-35-29-15-9-8-14-28(26)29/h2-17,22-23,31,35H,18-21H2,1H3,(H,36,39). The highest BCUT2D eigenvalue weighted by atomic mass is 16.5. The van der Waals surface area contributed by atoms with Gasteiger partial charge in [0.25, 0.3) is 0 Å². The number of carbonyl (C=O) groups is 1. The Morgan fingerprint density at radius 1 is 0.925 bits per heavy atom. The van der Waals surface area contributed by atoms with E-state index in [-0.39, 0.29) is 11.9 Å². The number of nitrogens with zero attached hydrogens (tertiary/aromatic N) is 2. The van der Waals surface area contributed by atoms with Crippen LogP contribution in [0.2, 0.25) is 0 Å². The summed E-state index contributed by atoms with van der Waals surface area (Å²) in [6.07, 6.45) is 3.80. The maximum atomic E-state index is 13.4. The third-order valence-corrected chi connectivity index (χ3v) is 7.41. The molecule has 0 saturated heterocycles. The second-order valence-electron chi connectivity index (χ2n) is 10.1. The number of hydrogen-bond donors (Lipinski definition) is 2. The van der Waals surface area contributed by atoms with Gasteiger partial charge in [0.2, 0.25) is 5.91 Å². The van der Waals surface area contributed by atoms with E-state index in [2.05, 4.69) is 51.3 Å². The van der Waals surface area contributed by atoms with Gasteiger partial charge in [0.15, 0.2) is 0 Å². The number of ether oxygens (including phenoxy) is 1. The van der Waals surface area contributed by atoms with Crippen molar-refractivity contribution in [2.24, 2.45) is 0 Å². The van der Waals surface area contributed by atoms with Crippen molar-refractivity contribution < 1.29 is 9.53 Å². The highest BCUT2D eigenvalue weighted by Gasteiger charge is 2.24. The van der Waals surface area contributed by atoms with Crippen LogP contribution in [0.15, 0.2) is 109 Å². The Bertz CT molecular complexity index is 1740. The van der Waals surface area contributed by atoms with Crippen molar-refractivity contribution in [3.05, 3.63) is 132 Å². The van der Waals surface area contributed by atoms with Gasteiger partial charge in [-0.1, -0.05) is 78.9 Å². The first-order chi connectivity index (χ1) is 19.7. The fourth-order valence-corrected chi connectivity index (χ4v) is 5.39. The molecule has 1 unspecified atom stereocenters. The van der Waals surface area contributed by atoms with E-state index in [1.54, 1.807) is 7.11 Å². The molecule has 0 spiro atoms. The molecule has 1 atom stereocenters. The van der Waals surface area contributed by atoms with Gasteiger partial charge in [0.05, 0.1) is 30.6 Å². The number of rotatable bonds is 10. The minimum atomic E-state index is -0.329. The fourth-order valence-electron chi connectivity index (χ4n) is 5.39. The molecule has 0 bridgehead atoms. The number of aryl methyl sites for hydroxylation is 2. The van der Waals surface area contributed by atoms with Crippen LogP contribution in [0, 0.1) is 0 Å². The predicted octanol–water partition coefficient (Wildman–Crippen LogP) is 6.41. The molecular formula is C34H32N4O2. The molecule has 2 heterocycles. The summed E-state index contributed by atoms with van der Waals surface area (Å²) in [6, 6.07) is 34.2. The first kappa shape index (κ1) is 25.4. The highest BCUT2D eigenvalue weighted by molar-refractivity contribution is 5.84. The van der Waals surface area contributed by atoms with Gasteiger partial charge in [-0.15, -0.1) is 0 Å². The van der Waals surface area contributed by atoms with Crippen LogP contribution in [0.3, 0.4) is 0 Å². The van der Waals surface area contributed by atoms with Gasteiger partial charge in [-0.05, 0) is 41.3 Å². The topological polar surface area (TPSA) is 71.9 Å². The normalized spacial score (nSPS) is 12.0. The zero-order valence-electron chi connectivity index (χ0n) is 22.5. The first-order valence-corrected chi connectivity index (χ1v) is 13.6. The fraction of sp³-hybridized carbons (Fsp3) is 0.176. The number of aromatic nitrogens is 3. The number of fused-ring (bicyclic) bond motifs is 2. The number of benzene rings is 4. The maximum Gasteiger partial charge on any atom is 0.225 e. The van der Waals surface area contributed by atoms with E-state index >= 15 is 0 Å². The summed E-state index contributed by atoms with van der Waals surface area (Å²) in [4.78, 5) is 21.9. The van der Waals surface area contributed by atoms with Crippen molar-refractivity contribution in [1.82, 2.24) is 19.9 Å². The average molecular weight is 529 g/mol. The van der Waals surface area contributed by atoms with Gasteiger partial charge in [-0.25, -0.2) is 4.98 Å². The monoisotopic (exact) mass is 528 g/mol. The number of para-hydroxylation sites is 1. The Morgan fingerprint density at radius 2 is 1.65 bits per heavy atom. The Kier molecular flexibility index (Phi) is 7.31. The number of carbonyl (C=O) groups excluding carboxylic acids is 1. The average Bonchev–Trinajstić information content (AvgIpc) is 3.57. The van der Waals surface area contributed by atoms with E-state index in [4.69, 9.17) is 9.72 Å². The summed E-state index contributed by atoms with van der Waals surface area (Å²) < 4.78 is 7.80. The molecule has 4 aromatic carbocycles. The molecule has 6 rings (SSSR count). The third-order valence-electron chi connectivity index (χ3n) is 7.41. The number of amides is 1. The van der Waals surface area contributed by atoms with Crippen LogP contribution in [-0.2, 0) is 30.6 Å². The van der Waals surface area contributed by atoms with Crippen molar-refractivity contribution >= 4 is 27.8 Å². The molecule has 40 heavy (non-hydrogen) atoms. The molecule has 0 aliphatic rings. The van der Waals surface area contributed by atoms with E-state index in [9.17, 15) is 4.79 Å². The van der Waals surface area contributed by atoms with Crippen LogP contribution in [0.25, 0.3) is 21.9 Å². The Hall–Kier alpha value is -4.84. The molecule has 2 aromatic heterocycles. The molecule has 0 saturated carbocycles. The number of imidazole rings is 1. The number of nitrogens with one attached hydrogen (secondary N) is 2. The van der Waals surface area contributed by atoms with Crippen molar-refractivity contribution in [1.29, 1.82) is 0 Å².